The maximum absolute atomic E-state index is 12.9. The van der Waals surface area contributed by atoms with Gasteiger partial charge in [0.1, 0.15) is 18.2 Å². The first-order chi connectivity index (χ1) is 13.6. The van der Waals surface area contributed by atoms with E-state index < -0.39 is 0 Å². The molecule has 1 amide bonds. The summed E-state index contributed by atoms with van der Waals surface area (Å²) in [7, 11) is 0. The van der Waals surface area contributed by atoms with Crippen LogP contribution < -0.4 is 5.32 Å². The zero-order chi connectivity index (χ0) is 19.5. The summed E-state index contributed by atoms with van der Waals surface area (Å²) in [6, 6.07) is 15.1. The molecule has 0 aliphatic carbocycles. The average Bonchev–Trinajstić information content (AvgIpc) is 3.37. The molecule has 0 aliphatic heterocycles. The van der Waals surface area contributed by atoms with Gasteiger partial charge in [-0.2, -0.15) is 5.10 Å². The molecule has 4 rings (SSSR count). The fourth-order valence-corrected chi connectivity index (χ4v) is 3.08. The van der Waals surface area contributed by atoms with Crippen LogP contribution in [0.5, 0.6) is 0 Å². The highest BCUT2D eigenvalue weighted by Crippen LogP contribution is 2.29. The van der Waals surface area contributed by atoms with Gasteiger partial charge in [0.05, 0.1) is 18.0 Å². The van der Waals surface area contributed by atoms with E-state index in [0.717, 1.165) is 16.5 Å². The summed E-state index contributed by atoms with van der Waals surface area (Å²) in [5.74, 6) is 0.765. The number of rotatable bonds is 6. The number of carbonyl (C=O) groups is 1. The second-order valence-electron chi connectivity index (χ2n) is 7.05. The van der Waals surface area contributed by atoms with Crippen molar-refractivity contribution in [2.45, 2.75) is 26.4 Å². The van der Waals surface area contributed by atoms with Crippen molar-refractivity contribution < 1.29 is 9.32 Å². The Labute approximate surface area is 162 Å². The Morgan fingerprint density at radius 1 is 1.18 bits per heavy atom. The zero-order valence-electron chi connectivity index (χ0n) is 15.7. The summed E-state index contributed by atoms with van der Waals surface area (Å²) >= 11 is 0. The lowest BCUT2D eigenvalue weighted by molar-refractivity contribution is 0.0919. The van der Waals surface area contributed by atoms with E-state index >= 15 is 0 Å². The molecule has 0 radical (unpaired) electrons. The third-order valence-electron chi connectivity index (χ3n) is 4.75. The lowest BCUT2D eigenvalue weighted by Gasteiger charge is -2.22. The zero-order valence-corrected chi connectivity index (χ0v) is 15.7. The molecule has 2 aromatic carbocycles. The number of amides is 1. The Kier molecular flexibility index (Phi) is 4.89. The topological polar surface area (TPSA) is 85.8 Å². The Balaban J connectivity index is 1.60. The number of nitrogens with zero attached hydrogens (tertiary/aromatic N) is 4. The van der Waals surface area contributed by atoms with Crippen molar-refractivity contribution in [1.29, 1.82) is 0 Å². The lowest BCUT2D eigenvalue weighted by Crippen LogP contribution is -2.41. The van der Waals surface area contributed by atoms with Crippen molar-refractivity contribution in [3.05, 3.63) is 66.7 Å². The molecule has 1 atom stereocenters. The van der Waals surface area contributed by atoms with E-state index in [1.807, 2.05) is 42.5 Å². The van der Waals surface area contributed by atoms with Crippen molar-refractivity contribution >= 4 is 16.8 Å². The highest BCUT2D eigenvalue weighted by Gasteiger charge is 2.19. The molecule has 7 nitrogen and oxygen atoms in total. The normalized spacial score (nSPS) is 12.4. The van der Waals surface area contributed by atoms with Crippen LogP contribution in [0.2, 0.25) is 0 Å². The Morgan fingerprint density at radius 3 is 2.71 bits per heavy atom. The van der Waals surface area contributed by atoms with Crippen LogP contribution in [0.4, 0.5) is 0 Å². The molecule has 1 unspecified atom stereocenters. The van der Waals surface area contributed by atoms with Gasteiger partial charge in [0.25, 0.3) is 5.91 Å². The average molecular weight is 375 g/mol. The van der Waals surface area contributed by atoms with Crippen LogP contribution >= 0.6 is 0 Å². The fourth-order valence-electron chi connectivity index (χ4n) is 3.08. The summed E-state index contributed by atoms with van der Waals surface area (Å²) < 4.78 is 7.25. The van der Waals surface area contributed by atoms with Gasteiger partial charge >= 0.3 is 0 Å². The second kappa shape index (κ2) is 7.64. The summed E-state index contributed by atoms with van der Waals surface area (Å²) in [5.41, 5.74) is 2.21. The Bertz CT molecular complexity index is 1070. The molecule has 7 heteroatoms. The Morgan fingerprint density at radius 2 is 2.00 bits per heavy atom. The van der Waals surface area contributed by atoms with Gasteiger partial charge in [0, 0.05) is 11.1 Å². The predicted molar refractivity (Wildman–Crippen MR) is 106 cm³/mol. The minimum absolute atomic E-state index is 0.0686. The van der Waals surface area contributed by atoms with Gasteiger partial charge in [0.15, 0.2) is 5.76 Å². The molecule has 0 aliphatic rings. The molecular weight excluding hydrogens is 354 g/mol. The number of hydrogen-bond donors (Lipinski definition) is 1. The molecule has 4 aromatic rings. The molecule has 0 spiro atoms. The minimum Gasteiger partial charge on any atom is -0.355 e. The van der Waals surface area contributed by atoms with E-state index in [9.17, 15) is 4.79 Å². The number of fused-ring (bicyclic) bond motifs is 1. The highest BCUT2D eigenvalue weighted by atomic mass is 16.5. The van der Waals surface area contributed by atoms with Gasteiger partial charge < -0.3 is 9.84 Å². The first-order valence-electron chi connectivity index (χ1n) is 9.20. The Hall–Kier alpha value is -3.48. The van der Waals surface area contributed by atoms with E-state index in [1.165, 1.54) is 6.33 Å². The van der Waals surface area contributed by atoms with E-state index in [4.69, 9.17) is 4.52 Å². The van der Waals surface area contributed by atoms with E-state index in [2.05, 4.69) is 34.4 Å². The molecule has 0 bridgehead atoms. The van der Waals surface area contributed by atoms with Crippen LogP contribution in [0.1, 0.15) is 24.2 Å². The minimum atomic E-state index is -0.138. The first-order valence-corrected chi connectivity index (χ1v) is 9.20. The second-order valence-corrected chi connectivity index (χ2v) is 7.05. The monoisotopic (exact) mass is 375 g/mol. The molecule has 142 valence electrons. The smallest absolute Gasteiger partial charge is 0.251 e. The van der Waals surface area contributed by atoms with Crippen LogP contribution in [0.3, 0.4) is 0 Å². The first kappa shape index (κ1) is 17.9. The van der Waals surface area contributed by atoms with Gasteiger partial charge in [-0.1, -0.05) is 49.3 Å². The largest absolute Gasteiger partial charge is 0.355 e. The molecule has 28 heavy (non-hydrogen) atoms. The van der Waals surface area contributed by atoms with Crippen molar-refractivity contribution in [3.63, 3.8) is 0 Å². The number of carbonyl (C=O) groups excluding carboxylic acids is 1. The van der Waals surface area contributed by atoms with Crippen molar-refractivity contribution in [1.82, 2.24) is 25.2 Å². The van der Waals surface area contributed by atoms with Gasteiger partial charge in [-0.05, 0) is 24.1 Å². The molecule has 1 N–H and O–H groups in total. The van der Waals surface area contributed by atoms with Gasteiger partial charge in [-0.25, -0.2) is 4.98 Å². The number of hydrogen-bond acceptors (Lipinski definition) is 5. The van der Waals surface area contributed by atoms with Crippen molar-refractivity contribution in [2.24, 2.45) is 5.92 Å². The molecule has 0 fully saturated rings. The maximum Gasteiger partial charge on any atom is 0.251 e. The quantitative estimate of drug-likeness (QED) is 0.557. The van der Waals surface area contributed by atoms with Crippen LogP contribution in [0.15, 0.2) is 65.7 Å². The van der Waals surface area contributed by atoms with Crippen molar-refractivity contribution in [3.8, 4) is 11.3 Å². The van der Waals surface area contributed by atoms with Gasteiger partial charge in [0.2, 0.25) is 0 Å². The van der Waals surface area contributed by atoms with Gasteiger partial charge in [-0.3, -0.25) is 9.48 Å². The predicted octanol–water partition coefficient (Wildman–Crippen LogP) is 3.54. The molecular formula is C21H21N5O2. The number of aromatic nitrogens is 4. The summed E-state index contributed by atoms with van der Waals surface area (Å²) in [5, 5.41) is 12.2. The maximum atomic E-state index is 12.9. The van der Waals surface area contributed by atoms with E-state index in [1.54, 1.807) is 17.1 Å². The molecule has 0 saturated carbocycles. The standard InChI is InChI=1S/C21H21N5O2/c1-14(2)19(11-26-13-22-12-23-26)24-21(27)16-8-9-18-17(10-16)20(28-25-18)15-6-4-3-5-7-15/h3-10,12-14,19H,11H2,1-2H3,(H,24,27). The summed E-state index contributed by atoms with van der Waals surface area (Å²) in [4.78, 5) is 16.9. The third kappa shape index (κ3) is 3.64. The number of benzene rings is 2. The van der Waals surface area contributed by atoms with Crippen LogP contribution in [0.25, 0.3) is 22.2 Å². The fraction of sp³-hybridized carbons (Fsp3) is 0.238. The third-order valence-corrected chi connectivity index (χ3v) is 4.75. The SMILES string of the molecule is CC(C)C(Cn1cncn1)NC(=O)c1ccc2noc(-c3ccccc3)c2c1. The van der Waals surface area contributed by atoms with Crippen LogP contribution in [0, 0.1) is 5.92 Å². The summed E-state index contributed by atoms with van der Waals surface area (Å²) in [6.07, 6.45) is 3.14. The van der Waals surface area contributed by atoms with Gasteiger partial charge in [-0.15, -0.1) is 0 Å². The number of nitrogens with one attached hydrogen (secondary N) is 1. The van der Waals surface area contributed by atoms with Crippen LogP contribution in [-0.2, 0) is 6.54 Å². The van der Waals surface area contributed by atoms with E-state index in [-0.39, 0.29) is 17.9 Å². The summed E-state index contributed by atoms with van der Waals surface area (Å²) in [6.45, 7) is 4.70. The molecule has 2 aromatic heterocycles. The molecule has 0 saturated heterocycles. The lowest BCUT2D eigenvalue weighted by atomic mass is 10.0. The van der Waals surface area contributed by atoms with Crippen molar-refractivity contribution in [2.75, 3.05) is 0 Å². The highest BCUT2D eigenvalue weighted by molar-refractivity contribution is 6.01. The van der Waals surface area contributed by atoms with Crippen LogP contribution in [-0.4, -0.2) is 31.9 Å². The molecule has 2 heterocycles. The van der Waals surface area contributed by atoms with E-state index in [0.29, 0.717) is 17.9 Å².